The molecule has 1 unspecified atom stereocenters. The maximum atomic E-state index is 12.9. The number of nitrogens with two attached hydrogens (primary N) is 1. The predicted octanol–water partition coefficient (Wildman–Crippen LogP) is 3.06. The Kier molecular flexibility index (Phi) is 4.73. The molecule has 0 amide bonds. The maximum Gasteiger partial charge on any atom is 0.411 e. The molecule has 1 rings (SSSR count). The van der Waals surface area contributed by atoms with E-state index in [0.29, 0.717) is 0 Å². The average molecular weight is 272 g/mol. The molecule has 17 heavy (non-hydrogen) atoms. The van der Waals surface area contributed by atoms with Gasteiger partial charge in [0.05, 0.1) is 12.6 Å². The van der Waals surface area contributed by atoms with E-state index in [2.05, 4.69) is 4.74 Å². The van der Waals surface area contributed by atoms with Crippen LogP contribution in [0.1, 0.15) is 11.6 Å². The Morgan fingerprint density at radius 2 is 2.00 bits per heavy atom. The number of alkyl halides is 3. The molecule has 0 heterocycles. The van der Waals surface area contributed by atoms with E-state index >= 15 is 0 Å². The number of rotatable bonds is 4. The van der Waals surface area contributed by atoms with Crippen molar-refractivity contribution in [2.45, 2.75) is 12.2 Å². The van der Waals surface area contributed by atoms with Crippen LogP contribution in [0.4, 0.5) is 17.6 Å². The van der Waals surface area contributed by atoms with Crippen LogP contribution in [0.25, 0.3) is 0 Å². The third-order valence-electron chi connectivity index (χ3n) is 1.92. The lowest BCUT2D eigenvalue weighted by molar-refractivity contribution is -0.174. The first-order valence-electron chi connectivity index (χ1n) is 4.64. The molecule has 0 aromatic heterocycles. The number of benzene rings is 1. The second-order valence-electron chi connectivity index (χ2n) is 3.40. The molecule has 1 aromatic carbocycles. The average Bonchev–Trinajstić information content (AvgIpc) is 2.19. The van der Waals surface area contributed by atoms with Gasteiger partial charge in [0.2, 0.25) is 0 Å². The van der Waals surface area contributed by atoms with Gasteiger partial charge in [-0.25, -0.2) is 4.39 Å². The lowest BCUT2D eigenvalue weighted by Crippen LogP contribution is -2.23. The van der Waals surface area contributed by atoms with Gasteiger partial charge in [-0.2, -0.15) is 13.2 Å². The molecule has 0 fully saturated rings. The summed E-state index contributed by atoms with van der Waals surface area (Å²) in [7, 11) is 0. The lowest BCUT2D eigenvalue weighted by atomic mass is 10.1. The quantitative estimate of drug-likeness (QED) is 0.854. The molecule has 0 saturated heterocycles. The van der Waals surface area contributed by atoms with E-state index in [1.165, 1.54) is 6.07 Å². The fourth-order valence-electron chi connectivity index (χ4n) is 1.19. The normalized spacial score (nSPS) is 13.8. The third kappa shape index (κ3) is 4.89. The second kappa shape index (κ2) is 5.66. The molecule has 0 aliphatic rings. The van der Waals surface area contributed by atoms with Crippen LogP contribution in [-0.4, -0.2) is 19.4 Å². The maximum absolute atomic E-state index is 12.9. The van der Waals surface area contributed by atoms with Crippen molar-refractivity contribution >= 4 is 11.6 Å². The Bertz CT molecular complexity index is 383. The smallest absolute Gasteiger partial charge is 0.370 e. The Hall–Kier alpha value is -0.850. The minimum absolute atomic E-state index is 0.189. The van der Waals surface area contributed by atoms with Crippen molar-refractivity contribution in [3.8, 4) is 0 Å². The van der Waals surface area contributed by atoms with Gasteiger partial charge >= 0.3 is 6.18 Å². The predicted molar refractivity (Wildman–Crippen MR) is 55.2 cm³/mol. The van der Waals surface area contributed by atoms with Crippen LogP contribution in [0.2, 0.25) is 5.02 Å². The SMILES string of the molecule is NC(COCC(F)(F)F)c1cc(F)ccc1Cl. The van der Waals surface area contributed by atoms with Crippen molar-refractivity contribution in [1.82, 2.24) is 0 Å². The molecule has 2 nitrogen and oxygen atoms in total. The minimum Gasteiger partial charge on any atom is -0.370 e. The monoisotopic (exact) mass is 271 g/mol. The molecule has 0 radical (unpaired) electrons. The summed E-state index contributed by atoms with van der Waals surface area (Å²) in [6.45, 7) is -1.78. The van der Waals surface area contributed by atoms with Crippen LogP contribution in [0.15, 0.2) is 18.2 Å². The highest BCUT2D eigenvalue weighted by Crippen LogP contribution is 2.23. The van der Waals surface area contributed by atoms with Crippen LogP contribution in [-0.2, 0) is 4.74 Å². The molecular formula is C10H10ClF4NO. The molecule has 0 saturated carbocycles. The molecule has 0 aliphatic carbocycles. The Balaban J connectivity index is 2.58. The number of hydrogen-bond donors (Lipinski definition) is 1. The van der Waals surface area contributed by atoms with Crippen LogP contribution < -0.4 is 5.73 Å². The van der Waals surface area contributed by atoms with Crippen LogP contribution >= 0.6 is 11.6 Å². The van der Waals surface area contributed by atoms with E-state index in [9.17, 15) is 17.6 Å². The van der Waals surface area contributed by atoms with Gasteiger partial charge in [-0.15, -0.1) is 0 Å². The summed E-state index contributed by atoms with van der Waals surface area (Å²) in [5.74, 6) is -0.560. The summed E-state index contributed by atoms with van der Waals surface area (Å²) < 4.78 is 52.7. The zero-order chi connectivity index (χ0) is 13.1. The van der Waals surface area contributed by atoms with E-state index in [-0.39, 0.29) is 17.2 Å². The molecule has 7 heteroatoms. The molecule has 1 aromatic rings. The summed E-state index contributed by atoms with van der Waals surface area (Å²) in [5.41, 5.74) is 5.77. The van der Waals surface area contributed by atoms with Crippen LogP contribution in [0.3, 0.4) is 0 Å². The Labute approximate surface area is 100 Å². The Morgan fingerprint density at radius 3 is 2.59 bits per heavy atom. The van der Waals surface area contributed by atoms with Crippen molar-refractivity contribution in [2.24, 2.45) is 5.73 Å². The summed E-state index contributed by atoms with van der Waals surface area (Å²) in [5, 5.41) is 0.189. The topological polar surface area (TPSA) is 35.2 Å². The van der Waals surface area contributed by atoms with E-state index in [1.54, 1.807) is 0 Å². The van der Waals surface area contributed by atoms with Gasteiger partial charge in [-0.1, -0.05) is 11.6 Å². The van der Waals surface area contributed by atoms with E-state index in [1.807, 2.05) is 0 Å². The molecule has 0 bridgehead atoms. The fourth-order valence-corrected chi connectivity index (χ4v) is 1.45. The van der Waals surface area contributed by atoms with Gasteiger partial charge in [0, 0.05) is 5.02 Å². The molecule has 96 valence electrons. The third-order valence-corrected chi connectivity index (χ3v) is 2.26. The van der Waals surface area contributed by atoms with Gasteiger partial charge in [0.1, 0.15) is 12.4 Å². The minimum atomic E-state index is -4.41. The summed E-state index contributed by atoms with van der Waals surface area (Å²) >= 11 is 5.74. The van der Waals surface area contributed by atoms with E-state index < -0.39 is 24.6 Å². The van der Waals surface area contributed by atoms with Gasteiger partial charge in [-0.3, -0.25) is 0 Å². The van der Waals surface area contributed by atoms with Gasteiger partial charge in [-0.05, 0) is 23.8 Å². The van der Waals surface area contributed by atoms with Crippen molar-refractivity contribution < 1.29 is 22.3 Å². The zero-order valence-corrected chi connectivity index (χ0v) is 9.35. The number of hydrogen-bond acceptors (Lipinski definition) is 2. The second-order valence-corrected chi connectivity index (χ2v) is 3.81. The van der Waals surface area contributed by atoms with Crippen LogP contribution in [0.5, 0.6) is 0 Å². The van der Waals surface area contributed by atoms with Gasteiger partial charge in [0.25, 0.3) is 0 Å². The molecule has 2 N–H and O–H groups in total. The largest absolute Gasteiger partial charge is 0.411 e. The van der Waals surface area contributed by atoms with E-state index in [0.717, 1.165) is 12.1 Å². The molecule has 0 spiro atoms. The summed E-state index contributed by atoms with van der Waals surface area (Å²) in [4.78, 5) is 0. The summed E-state index contributed by atoms with van der Waals surface area (Å²) in [6.07, 6.45) is -4.41. The molecule has 1 atom stereocenters. The van der Waals surface area contributed by atoms with Gasteiger partial charge < -0.3 is 10.5 Å². The highest BCUT2D eigenvalue weighted by atomic mass is 35.5. The first kappa shape index (κ1) is 14.2. The fraction of sp³-hybridized carbons (Fsp3) is 0.400. The first-order valence-corrected chi connectivity index (χ1v) is 5.02. The number of ether oxygens (including phenoxy) is 1. The van der Waals surface area contributed by atoms with E-state index in [4.69, 9.17) is 17.3 Å². The zero-order valence-electron chi connectivity index (χ0n) is 8.60. The highest BCUT2D eigenvalue weighted by molar-refractivity contribution is 6.31. The highest BCUT2D eigenvalue weighted by Gasteiger charge is 2.27. The van der Waals surface area contributed by atoms with Crippen molar-refractivity contribution in [3.63, 3.8) is 0 Å². The molecule has 0 aliphatic heterocycles. The Morgan fingerprint density at radius 1 is 1.35 bits per heavy atom. The lowest BCUT2D eigenvalue weighted by Gasteiger charge is -2.15. The van der Waals surface area contributed by atoms with Crippen molar-refractivity contribution in [3.05, 3.63) is 34.6 Å². The van der Waals surface area contributed by atoms with Crippen molar-refractivity contribution in [1.29, 1.82) is 0 Å². The molecular weight excluding hydrogens is 262 g/mol. The van der Waals surface area contributed by atoms with Crippen molar-refractivity contribution in [2.75, 3.05) is 13.2 Å². The van der Waals surface area contributed by atoms with Gasteiger partial charge in [0.15, 0.2) is 0 Å². The number of halogens is 5. The van der Waals surface area contributed by atoms with Crippen LogP contribution in [0, 0.1) is 5.82 Å². The summed E-state index contributed by atoms with van der Waals surface area (Å²) in [6, 6.07) is 2.59. The standard InChI is InChI=1S/C10H10ClF4NO/c11-8-2-1-6(12)3-7(8)9(16)4-17-5-10(13,14)15/h1-3,9H,4-5,16H2. The first-order chi connectivity index (χ1) is 7.79.